The predicted octanol–water partition coefficient (Wildman–Crippen LogP) is 1.72. The third kappa shape index (κ3) is 3.43. The second-order valence-corrected chi connectivity index (χ2v) is 4.91. The molecule has 0 saturated carbocycles. The number of nitrogens with zero attached hydrogens (tertiary/aromatic N) is 3. The third-order valence-electron chi connectivity index (χ3n) is 3.44. The molecule has 112 valence electrons. The number of carbonyl (C=O) groups is 1. The quantitative estimate of drug-likeness (QED) is 0.878. The summed E-state index contributed by atoms with van der Waals surface area (Å²) >= 11 is 0. The van der Waals surface area contributed by atoms with Crippen molar-refractivity contribution < 1.29 is 9.18 Å². The minimum atomic E-state index is -0.618. The minimum absolute atomic E-state index is 0.0595. The second kappa shape index (κ2) is 6.45. The van der Waals surface area contributed by atoms with Gasteiger partial charge in [-0.15, -0.1) is 0 Å². The number of nitrogens with two attached hydrogens (primary N) is 1. The van der Waals surface area contributed by atoms with Gasteiger partial charge in [-0.2, -0.15) is 5.10 Å². The summed E-state index contributed by atoms with van der Waals surface area (Å²) in [6, 6.07) is 3.74. The number of nitrogens with one attached hydrogen (secondary N) is 1. The number of benzene rings is 1. The molecule has 0 aliphatic carbocycles. The van der Waals surface area contributed by atoms with Crippen LogP contribution >= 0.6 is 0 Å². The molecule has 21 heavy (non-hydrogen) atoms. The van der Waals surface area contributed by atoms with Gasteiger partial charge < -0.3 is 11.1 Å². The molecule has 0 aliphatic rings. The van der Waals surface area contributed by atoms with Crippen molar-refractivity contribution in [2.75, 3.05) is 5.32 Å². The van der Waals surface area contributed by atoms with E-state index >= 15 is 0 Å². The van der Waals surface area contributed by atoms with Crippen LogP contribution in [0.4, 0.5) is 10.1 Å². The normalized spacial score (nSPS) is 13.7. The van der Waals surface area contributed by atoms with Gasteiger partial charge in [0.05, 0.1) is 6.04 Å². The van der Waals surface area contributed by atoms with Crippen LogP contribution in [-0.2, 0) is 4.79 Å². The van der Waals surface area contributed by atoms with Gasteiger partial charge in [0, 0.05) is 5.69 Å². The van der Waals surface area contributed by atoms with Gasteiger partial charge in [-0.25, -0.2) is 14.1 Å². The monoisotopic (exact) mass is 291 g/mol. The molecule has 1 heterocycles. The predicted molar refractivity (Wildman–Crippen MR) is 77.4 cm³/mol. The van der Waals surface area contributed by atoms with Gasteiger partial charge >= 0.3 is 0 Å². The molecular formula is C14H18FN5O. The fourth-order valence-corrected chi connectivity index (χ4v) is 1.84. The van der Waals surface area contributed by atoms with Crippen LogP contribution in [-0.4, -0.2) is 26.7 Å². The molecular weight excluding hydrogens is 273 g/mol. The zero-order chi connectivity index (χ0) is 15.4. The Hall–Kier alpha value is -2.28. The van der Waals surface area contributed by atoms with Crippen molar-refractivity contribution in [3.8, 4) is 5.69 Å². The fourth-order valence-electron chi connectivity index (χ4n) is 1.84. The highest BCUT2D eigenvalue weighted by Gasteiger charge is 2.19. The van der Waals surface area contributed by atoms with Crippen LogP contribution in [0.2, 0.25) is 0 Å². The summed E-state index contributed by atoms with van der Waals surface area (Å²) < 4.78 is 15.3. The highest BCUT2D eigenvalue weighted by atomic mass is 19.1. The molecule has 0 spiro atoms. The van der Waals surface area contributed by atoms with Gasteiger partial charge in [0.1, 0.15) is 18.3 Å². The van der Waals surface area contributed by atoms with E-state index in [0.29, 0.717) is 5.69 Å². The lowest BCUT2D eigenvalue weighted by atomic mass is 9.99. The van der Waals surface area contributed by atoms with E-state index in [-0.39, 0.29) is 17.5 Å². The van der Waals surface area contributed by atoms with Crippen molar-refractivity contribution in [3.63, 3.8) is 0 Å². The summed E-state index contributed by atoms with van der Waals surface area (Å²) in [5, 5.41) is 6.48. The van der Waals surface area contributed by atoms with E-state index in [1.807, 2.05) is 13.8 Å². The zero-order valence-electron chi connectivity index (χ0n) is 12.0. The van der Waals surface area contributed by atoms with Crippen LogP contribution < -0.4 is 11.1 Å². The molecule has 1 aromatic heterocycles. The van der Waals surface area contributed by atoms with Gasteiger partial charge in [-0.05, 0) is 24.1 Å². The Morgan fingerprint density at radius 3 is 2.86 bits per heavy atom. The molecule has 0 aliphatic heterocycles. The summed E-state index contributed by atoms with van der Waals surface area (Å²) in [6.45, 7) is 3.86. The Balaban J connectivity index is 2.12. The molecule has 2 aromatic rings. The highest BCUT2D eigenvalue weighted by Crippen LogP contribution is 2.18. The lowest BCUT2D eigenvalue weighted by Gasteiger charge is -2.17. The number of aromatic nitrogens is 3. The van der Waals surface area contributed by atoms with E-state index in [4.69, 9.17) is 5.73 Å². The van der Waals surface area contributed by atoms with Gasteiger partial charge in [0.25, 0.3) is 0 Å². The molecule has 0 fully saturated rings. The van der Waals surface area contributed by atoms with E-state index in [0.717, 1.165) is 6.42 Å². The van der Waals surface area contributed by atoms with E-state index in [1.165, 1.54) is 29.5 Å². The van der Waals surface area contributed by atoms with Crippen LogP contribution in [0, 0.1) is 11.7 Å². The van der Waals surface area contributed by atoms with Gasteiger partial charge in [0.2, 0.25) is 5.91 Å². The summed E-state index contributed by atoms with van der Waals surface area (Å²) in [5.74, 6) is -0.767. The minimum Gasteiger partial charge on any atom is -0.325 e. The lowest BCUT2D eigenvalue weighted by Crippen LogP contribution is -2.40. The van der Waals surface area contributed by atoms with Crippen molar-refractivity contribution in [2.24, 2.45) is 11.7 Å². The number of anilines is 1. The van der Waals surface area contributed by atoms with Crippen molar-refractivity contribution >= 4 is 11.6 Å². The van der Waals surface area contributed by atoms with Crippen molar-refractivity contribution in [3.05, 3.63) is 36.7 Å². The van der Waals surface area contributed by atoms with Gasteiger partial charge in [-0.3, -0.25) is 4.79 Å². The van der Waals surface area contributed by atoms with Gasteiger partial charge in [-0.1, -0.05) is 20.3 Å². The smallest absolute Gasteiger partial charge is 0.241 e. The molecule has 6 nitrogen and oxygen atoms in total. The summed E-state index contributed by atoms with van der Waals surface area (Å²) in [5.41, 5.74) is 6.46. The summed E-state index contributed by atoms with van der Waals surface area (Å²) in [6.07, 6.45) is 3.52. The number of halogens is 1. The van der Waals surface area contributed by atoms with Crippen LogP contribution in [0.1, 0.15) is 20.3 Å². The van der Waals surface area contributed by atoms with E-state index in [2.05, 4.69) is 15.4 Å². The van der Waals surface area contributed by atoms with Crippen LogP contribution in [0.25, 0.3) is 5.69 Å². The molecule has 0 saturated heterocycles. The molecule has 7 heteroatoms. The van der Waals surface area contributed by atoms with Crippen molar-refractivity contribution in [1.82, 2.24) is 14.8 Å². The number of amides is 1. The Kier molecular flexibility index (Phi) is 4.64. The summed E-state index contributed by atoms with van der Waals surface area (Å²) in [7, 11) is 0. The number of rotatable bonds is 5. The van der Waals surface area contributed by atoms with Crippen LogP contribution in [0.5, 0.6) is 0 Å². The molecule has 0 unspecified atom stereocenters. The Morgan fingerprint density at radius 2 is 2.29 bits per heavy atom. The summed E-state index contributed by atoms with van der Waals surface area (Å²) in [4.78, 5) is 15.7. The SMILES string of the molecule is CC[C@H](C)[C@H](N)C(=O)Nc1ccc(-n2cncn2)c(F)c1. The first-order valence-electron chi connectivity index (χ1n) is 6.74. The fraction of sp³-hybridized carbons (Fsp3) is 0.357. The first-order valence-corrected chi connectivity index (χ1v) is 6.74. The van der Waals surface area contributed by atoms with Gasteiger partial charge in [0.15, 0.2) is 5.82 Å². The highest BCUT2D eigenvalue weighted by molar-refractivity contribution is 5.94. The Labute approximate surface area is 122 Å². The maximum atomic E-state index is 14.0. The maximum Gasteiger partial charge on any atom is 0.241 e. The molecule has 0 bridgehead atoms. The van der Waals surface area contributed by atoms with E-state index in [9.17, 15) is 9.18 Å². The Morgan fingerprint density at radius 1 is 1.52 bits per heavy atom. The number of carbonyl (C=O) groups excluding carboxylic acids is 1. The standard InChI is InChI=1S/C14H18FN5O/c1-3-9(2)13(16)14(21)19-10-4-5-12(11(15)6-10)20-8-17-7-18-20/h4-9,13H,3,16H2,1-2H3,(H,19,21)/t9-,13-/m0/s1. The third-order valence-corrected chi connectivity index (χ3v) is 3.44. The average molecular weight is 291 g/mol. The molecule has 2 atom stereocenters. The molecule has 3 N–H and O–H groups in total. The molecule has 1 amide bonds. The van der Waals surface area contributed by atoms with E-state index < -0.39 is 11.9 Å². The first kappa shape index (κ1) is 15.1. The van der Waals surface area contributed by atoms with Crippen molar-refractivity contribution in [2.45, 2.75) is 26.3 Å². The number of hydrogen-bond acceptors (Lipinski definition) is 4. The van der Waals surface area contributed by atoms with Crippen molar-refractivity contribution in [1.29, 1.82) is 0 Å². The number of hydrogen-bond donors (Lipinski definition) is 2. The maximum absolute atomic E-state index is 14.0. The lowest BCUT2D eigenvalue weighted by molar-refractivity contribution is -0.118. The Bertz CT molecular complexity index is 614. The second-order valence-electron chi connectivity index (χ2n) is 4.91. The van der Waals surface area contributed by atoms with Crippen LogP contribution in [0.15, 0.2) is 30.9 Å². The zero-order valence-corrected chi connectivity index (χ0v) is 12.0. The molecule has 0 radical (unpaired) electrons. The first-order chi connectivity index (χ1) is 10.0. The van der Waals surface area contributed by atoms with Crippen LogP contribution in [0.3, 0.4) is 0 Å². The van der Waals surface area contributed by atoms with E-state index in [1.54, 1.807) is 6.07 Å². The average Bonchev–Trinajstić information content (AvgIpc) is 2.99. The molecule has 2 rings (SSSR count). The topological polar surface area (TPSA) is 85.8 Å². The largest absolute Gasteiger partial charge is 0.325 e. The molecule has 1 aromatic carbocycles.